The number of hydrogen-bond acceptors (Lipinski definition) is 2. The second kappa shape index (κ2) is 3.37. The molecular weight excluding hydrogens is 172 g/mol. The molecule has 1 aliphatic rings. The van der Waals surface area contributed by atoms with Gasteiger partial charge in [-0.1, -0.05) is 12.1 Å². The summed E-state index contributed by atoms with van der Waals surface area (Å²) in [4.78, 5) is 3.93. The zero-order valence-corrected chi connectivity index (χ0v) is 8.78. The van der Waals surface area contributed by atoms with Crippen LogP contribution in [0.2, 0.25) is 0 Å². The predicted molar refractivity (Wildman–Crippen MR) is 58.5 cm³/mol. The molecule has 1 aromatic rings. The van der Waals surface area contributed by atoms with Crippen LogP contribution in [0, 0.1) is 20.5 Å². The Labute approximate surface area is 85.4 Å². The van der Waals surface area contributed by atoms with Gasteiger partial charge in [0.2, 0.25) is 6.67 Å². The summed E-state index contributed by atoms with van der Waals surface area (Å²) < 4.78 is 0. The molecule has 0 aliphatic carbocycles. The van der Waals surface area contributed by atoms with Crippen molar-refractivity contribution in [3.05, 3.63) is 48.4 Å². The van der Waals surface area contributed by atoms with Crippen molar-refractivity contribution in [1.82, 2.24) is 4.90 Å². The number of rotatable bonds is 1. The van der Waals surface area contributed by atoms with E-state index in [1.807, 2.05) is 29.2 Å². The lowest BCUT2D eigenvalue weighted by Gasteiger charge is -2.18. The fourth-order valence-corrected chi connectivity index (χ4v) is 1.52. The molecule has 0 saturated carbocycles. The highest BCUT2D eigenvalue weighted by Crippen LogP contribution is 2.25. The Morgan fingerprint density at radius 3 is 2.57 bits per heavy atom. The van der Waals surface area contributed by atoms with E-state index in [9.17, 15) is 0 Å². The summed E-state index contributed by atoms with van der Waals surface area (Å²) in [6, 6.07) is 6.44. The van der Waals surface area contributed by atoms with Gasteiger partial charge >= 0.3 is 0 Å². The summed E-state index contributed by atoms with van der Waals surface area (Å²) in [7, 11) is 1.97. The Morgan fingerprint density at radius 1 is 1.14 bits per heavy atom. The van der Waals surface area contributed by atoms with Crippen molar-refractivity contribution in [3.8, 4) is 0 Å². The van der Waals surface area contributed by atoms with Crippen LogP contribution < -0.4 is 4.90 Å². The Kier molecular flexibility index (Phi) is 2.20. The van der Waals surface area contributed by atoms with Crippen LogP contribution in [0.25, 0.3) is 0 Å². The van der Waals surface area contributed by atoms with Crippen LogP contribution in [0.15, 0.2) is 30.6 Å². The molecule has 1 heterocycles. The van der Waals surface area contributed by atoms with Crippen LogP contribution >= 0.6 is 0 Å². The molecule has 0 amide bonds. The first-order valence-electron chi connectivity index (χ1n) is 4.71. The van der Waals surface area contributed by atoms with Crippen molar-refractivity contribution in [3.63, 3.8) is 0 Å². The quantitative estimate of drug-likeness (QED) is 0.665. The van der Waals surface area contributed by atoms with E-state index < -0.39 is 0 Å². The molecule has 0 spiro atoms. The average molecular weight is 186 g/mol. The lowest BCUT2D eigenvalue weighted by molar-refractivity contribution is 0.574. The van der Waals surface area contributed by atoms with Gasteiger partial charge in [-0.15, -0.1) is 0 Å². The van der Waals surface area contributed by atoms with Crippen molar-refractivity contribution in [2.24, 2.45) is 0 Å². The third-order valence-electron chi connectivity index (χ3n) is 2.33. The van der Waals surface area contributed by atoms with Gasteiger partial charge in [0, 0.05) is 25.1 Å². The maximum atomic E-state index is 3.19. The largest absolute Gasteiger partial charge is 0.349 e. The summed E-state index contributed by atoms with van der Waals surface area (Å²) in [6.45, 7) is 7.41. The monoisotopic (exact) mass is 186 g/mol. The van der Waals surface area contributed by atoms with Gasteiger partial charge in [-0.05, 0) is 31.0 Å². The van der Waals surface area contributed by atoms with E-state index in [0.717, 1.165) is 0 Å². The van der Waals surface area contributed by atoms with E-state index in [-0.39, 0.29) is 0 Å². The molecule has 0 aromatic heterocycles. The lowest BCUT2D eigenvalue weighted by Crippen LogP contribution is -2.15. The Hall–Kier alpha value is -1.44. The number of aryl methyl sites for hydroxylation is 2. The summed E-state index contributed by atoms with van der Waals surface area (Å²) in [5.74, 6) is 0. The van der Waals surface area contributed by atoms with E-state index in [0.29, 0.717) is 0 Å². The standard InChI is InChI=1S/C12H14N2/c1-10-4-5-11(2)12(8-10)14-7-6-13(3)9-14/h4-8H,1-3H3. The van der Waals surface area contributed by atoms with Crippen LogP contribution in [-0.2, 0) is 0 Å². The fourth-order valence-electron chi connectivity index (χ4n) is 1.52. The third-order valence-corrected chi connectivity index (χ3v) is 2.33. The molecule has 2 nitrogen and oxygen atoms in total. The van der Waals surface area contributed by atoms with Crippen LogP contribution in [0.3, 0.4) is 0 Å². The van der Waals surface area contributed by atoms with Crippen molar-refractivity contribution in [1.29, 1.82) is 0 Å². The van der Waals surface area contributed by atoms with Crippen LogP contribution in [-0.4, -0.2) is 11.9 Å². The molecule has 2 radical (unpaired) electrons. The number of hydrogen-bond donors (Lipinski definition) is 0. The topological polar surface area (TPSA) is 6.48 Å². The highest BCUT2D eigenvalue weighted by molar-refractivity contribution is 5.59. The maximum Gasteiger partial charge on any atom is 0.212 e. The summed E-state index contributed by atoms with van der Waals surface area (Å²) in [5, 5.41) is 0. The maximum absolute atomic E-state index is 3.19. The van der Waals surface area contributed by atoms with Crippen LogP contribution in [0.5, 0.6) is 0 Å². The molecule has 0 unspecified atom stereocenters. The van der Waals surface area contributed by atoms with E-state index in [1.54, 1.807) is 0 Å². The number of nitrogens with zero attached hydrogens (tertiary/aromatic N) is 2. The van der Waals surface area contributed by atoms with Gasteiger partial charge in [0.1, 0.15) is 0 Å². The van der Waals surface area contributed by atoms with Gasteiger partial charge in [0.05, 0.1) is 0 Å². The summed E-state index contributed by atoms with van der Waals surface area (Å²) >= 11 is 0. The molecular formula is C12H14N2. The fraction of sp³-hybridized carbons (Fsp3) is 0.250. The van der Waals surface area contributed by atoms with Gasteiger partial charge in [-0.3, -0.25) is 0 Å². The molecule has 0 N–H and O–H groups in total. The minimum atomic E-state index is 1.20. The second-order valence-corrected chi connectivity index (χ2v) is 3.67. The predicted octanol–water partition coefficient (Wildman–Crippen LogP) is 2.52. The molecule has 1 aliphatic heterocycles. The van der Waals surface area contributed by atoms with Crippen LogP contribution in [0.1, 0.15) is 11.1 Å². The number of anilines is 1. The van der Waals surface area contributed by atoms with E-state index in [2.05, 4.69) is 38.7 Å². The van der Waals surface area contributed by atoms with Gasteiger partial charge in [-0.2, -0.15) is 0 Å². The molecule has 0 saturated heterocycles. The van der Waals surface area contributed by atoms with Gasteiger partial charge in [0.25, 0.3) is 0 Å². The van der Waals surface area contributed by atoms with Crippen molar-refractivity contribution in [2.75, 3.05) is 11.9 Å². The molecule has 0 bridgehead atoms. The molecule has 2 heteroatoms. The van der Waals surface area contributed by atoms with Crippen molar-refractivity contribution in [2.45, 2.75) is 13.8 Å². The minimum absolute atomic E-state index is 1.20. The molecule has 2 rings (SSSR count). The molecule has 14 heavy (non-hydrogen) atoms. The third kappa shape index (κ3) is 1.60. The first kappa shape index (κ1) is 9.13. The van der Waals surface area contributed by atoms with E-state index in [4.69, 9.17) is 0 Å². The molecule has 72 valence electrons. The van der Waals surface area contributed by atoms with Gasteiger partial charge in [-0.25, -0.2) is 0 Å². The average Bonchev–Trinajstić information content (AvgIpc) is 2.56. The Bertz CT molecular complexity index is 369. The minimum Gasteiger partial charge on any atom is -0.349 e. The first-order valence-corrected chi connectivity index (χ1v) is 4.71. The SMILES string of the molecule is Cc1ccc(C)c(N2[C]N(C)C=C2)c1. The smallest absolute Gasteiger partial charge is 0.212 e. The second-order valence-electron chi connectivity index (χ2n) is 3.67. The van der Waals surface area contributed by atoms with E-state index in [1.165, 1.54) is 16.8 Å². The summed E-state index contributed by atoms with van der Waals surface area (Å²) in [6.07, 6.45) is 4.00. The Morgan fingerprint density at radius 2 is 1.93 bits per heavy atom. The van der Waals surface area contributed by atoms with Gasteiger partial charge < -0.3 is 9.80 Å². The highest BCUT2D eigenvalue weighted by Gasteiger charge is 2.14. The van der Waals surface area contributed by atoms with E-state index >= 15 is 0 Å². The normalized spacial score (nSPS) is 15.4. The van der Waals surface area contributed by atoms with Crippen molar-refractivity contribution >= 4 is 5.69 Å². The molecule has 0 atom stereocenters. The Balaban J connectivity index is 2.32. The highest BCUT2D eigenvalue weighted by atomic mass is 15.3. The zero-order chi connectivity index (χ0) is 10.1. The molecule has 1 aromatic carbocycles. The summed E-state index contributed by atoms with van der Waals surface area (Å²) in [5.41, 5.74) is 3.74. The zero-order valence-electron chi connectivity index (χ0n) is 8.78. The molecule has 0 fully saturated rings. The number of benzene rings is 1. The van der Waals surface area contributed by atoms with Gasteiger partial charge in [0.15, 0.2) is 0 Å². The first-order chi connectivity index (χ1) is 6.66. The van der Waals surface area contributed by atoms with Crippen molar-refractivity contribution < 1.29 is 0 Å². The lowest BCUT2D eigenvalue weighted by atomic mass is 10.1. The van der Waals surface area contributed by atoms with Crippen LogP contribution in [0.4, 0.5) is 5.69 Å².